The number of rotatable bonds is 7. The molecule has 0 aliphatic rings. The molecule has 2 aromatic carbocycles. The highest BCUT2D eigenvalue weighted by Crippen LogP contribution is 2.16. The Balaban J connectivity index is 1.48. The maximum Gasteiger partial charge on any atom is 0.226 e. The van der Waals surface area contributed by atoms with Gasteiger partial charge >= 0.3 is 0 Å². The Labute approximate surface area is 157 Å². The van der Waals surface area contributed by atoms with E-state index >= 15 is 0 Å². The Morgan fingerprint density at radius 1 is 1.07 bits per heavy atom. The summed E-state index contributed by atoms with van der Waals surface area (Å²) < 4.78 is 28.1. The van der Waals surface area contributed by atoms with Crippen LogP contribution in [0.1, 0.15) is 18.7 Å². The van der Waals surface area contributed by atoms with Crippen LogP contribution in [0.15, 0.2) is 64.0 Å². The Kier molecular flexibility index (Phi) is 5.66. The molecule has 0 fully saturated rings. The van der Waals surface area contributed by atoms with E-state index in [1.165, 1.54) is 12.1 Å². The standard InChI is InChI=1S/C19H19N3O4S/c1-27(24,25)16-12-10-15(11-13-16)20-17(23)8-5-9-18-21-19(22-26-18)14-6-3-2-4-7-14/h2-4,6-7,10-13H,5,8-9H2,1H3,(H,20,23). The molecule has 0 spiro atoms. The summed E-state index contributed by atoms with van der Waals surface area (Å²) in [5, 5.41) is 6.68. The predicted molar refractivity (Wildman–Crippen MR) is 101 cm³/mol. The molecule has 0 aliphatic carbocycles. The quantitative estimate of drug-likeness (QED) is 0.670. The number of carbonyl (C=O) groups excluding carboxylic acids is 1. The van der Waals surface area contributed by atoms with Gasteiger partial charge in [-0.1, -0.05) is 35.5 Å². The molecule has 0 saturated heterocycles. The summed E-state index contributed by atoms with van der Waals surface area (Å²) in [6.45, 7) is 0. The normalized spacial score (nSPS) is 11.3. The van der Waals surface area contributed by atoms with Gasteiger partial charge in [0, 0.05) is 30.3 Å². The number of carbonyl (C=O) groups is 1. The van der Waals surface area contributed by atoms with E-state index < -0.39 is 9.84 Å². The molecule has 3 aromatic rings. The lowest BCUT2D eigenvalue weighted by atomic mass is 10.2. The second kappa shape index (κ2) is 8.13. The number of aromatic nitrogens is 2. The lowest BCUT2D eigenvalue weighted by Gasteiger charge is -2.05. The third-order valence-corrected chi connectivity index (χ3v) is 4.99. The van der Waals surface area contributed by atoms with Crippen molar-refractivity contribution >= 4 is 21.4 Å². The number of sulfone groups is 1. The Hall–Kier alpha value is -3.00. The van der Waals surface area contributed by atoms with Crippen LogP contribution in [0, 0.1) is 0 Å². The molecule has 0 saturated carbocycles. The summed E-state index contributed by atoms with van der Waals surface area (Å²) in [6, 6.07) is 15.6. The second-order valence-electron chi connectivity index (χ2n) is 6.08. The molecule has 0 unspecified atom stereocenters. The van der Waals surface area contributed by atoms with Crippen LogP contribution in [0.25, 0.3) is 11.4 Å². The number of nitrogens with zero attached hydrogens (tertiary/aromatic N) is 2. The van der Waals surface area contributed by atoms with Crippen molar-refractivity contribution in [2.75, 3.05) is 11.6 Å². The Morgan fingerprint density at radius 3 is 2.44 bits per heavy atom. The van der Waals surface area contributed by atoms with Gasteiger partial charge in [-0.2, -0.15) is 4.98 Å². The van der Waals surface area contributed by atoms with Crippen LogP contribution in [0.3, 0.4) is 0 Å². The zero-order chi connectivity index (χ0) is 19.3. The van der Waals surface area contributed by atoms with Gasteiger partial charge in [-0.15, -0.1) is 0 Å². The molecule has 0 radical (unpaired) electrons. The molecule has 3 rings (SSSR count). The monoisotopic (exact) mass is 385 g/mol. The van der Waals surface area contributed by atoms with Crippen LogP contribution >= 0.6 is 0 Å². The molecule has 140 valence electrons. The van der Waals surface area contributed by atoms with Gasteiger partial charge in [-0.25, -0.2) is 8.42 Å². The van der Waals surface area contributed by atoms with Crippen LogP contribution in [0.4, 0.5) is 5.69 Å². The third kappa shape index (κ3) is 5.24. The minimum Gasteiger partial charge on any atom is -0.339 e. The van der Waals surface area contributed by atoms with Crippen LogP contribution in [0.5, 0.6) is 0 Å². The average molecular weight is 385 g/mol. The second-order valence-corrected chi connectivity index (χ2v) is 8.09. The fourth-order valence-corrected chi connectivity index (χ4v) is 3.10. The molecular formula is C19H19N3O4S. The third-order valence-electron chi connectivity index (χ3n) is 3.86. The summed E-state index contributed by atoms with van der Waals surface area (Å²) in [5.41, 5.74) is 1.43. The van der Waals surface area contributed by atoms with E-state index in [1.807, 2.05) is 30.3 Å². The largest absolute Gasteiger partial charge is 0.339 e. The zero-order valence-corrected chi connectivity index (χ0v) is 15.6. The van der Waals surface area contributed by atoms with Crippen molar-refractivity contribution in [3.63, 3.8) is 0 Å². The SMILES string of the molecule is CS(=O)(=O)c1ccc(NC(=O)CCCc2nc(-c3ccccc3)no2)cc1. The molecule has 0 bridgehead atoms. The number of aryl methyl sites for hydroxylation is 1. The van der Waals surface area contributed by atoms with Gasteiger partial charge in [0.25, 0.3) is 0 Å². The van der Waals surface area contributed by atoms with Crippen molar-refractivity contribution in [2.45, 2.75) is 24.2 Å². The van der Waals surface area contributed by atoms with Crippen molar-refractivity contribution < 1.29 is 17.7 Å². The van der Waals surface area contributed by atoms with E-state index in [0.717, 1.165) is 11.8 Å². The van der Waals surface area contributed by atoms with E-state index in [-0.39, 0.29) is 17.2 Å². The van der Waals surface area contributed by atoms with Crippen LogP contribution in [-0.4, -0.2) is 30.7 Å². The van der Waals surface area contributed by atoms with Crippen molar-refractivity contribution in [3.8, 4) is 11.4 Å². The highest BCUT2D eigenvalue weighted by atomic mass is 32.2. The summed E-state index contributed by atoms with van der Waals surface area (Å²) >= 11 is 0. The average Bonchev–Trinajstić information content (AvgIpc) is 3.11. The highest BCUT2D eigenvalue weighted by molar-refractivity contribution is 7.90. The fraction of sp³-hybridized carbons (Fsp3) is 0.211. The van der Waals surface area contributed by atoms with Gasteiger partial charge in [0.2, 0.25) is 17.6 Å². The summed E-state index contributed by atoms with van der Waals surface area (Å²) in [4.78, 5) is 16.6. The van der Waals surface area contributed by atoms with E-state index in [0.29, 0.717) is 30.2 Å². The molecule has 0 aliphatic heterocycles. The van der Waals surface area contributed by atoms with Crippen molar-refractivity contribution in [1.29, 1.82) is 0 Å². The van der Waals surface area contributed by atoms with Crippen LogP contribution < -0.4 is 5.32 Å². The number of hydrogen-bond acceptors (Lipinski definition) is 6. The van der Waals surface area contributed by atoms with Gasteiger partial charge in [-0.05, 0) is 30.7 Å². The molecule has 27 heavy (non-hydrogen) atoms. The van der Waals surface area contributed by atoms with Gasteiger partial charge in [0.15, 0.2) is 9.84 Å². The first-order valence-electron chi connectivity index (χ1n) is 8.40. The molecular weight excluding hydrogens is 366 g/mol. The molecule has 1 aromatic heterocycles. The first-order chi connectivity index (χ1) is 12.9. The van der Waals surface area contributed by atoms with Gasteiger partial charge in [0.05, 0.1) is 4.90 Å². The maximum absolute atomic E-state index is 12.0. The number of amides is 1. The number of hydrogen-bond donors (Lipinski definition) is 1. The minimum atomic E-state index is -3.25. The van der Waals surface area contributed by atoms with Crippen molar-refractivity contribution in [1.82, 2.24) is 10.1 Å². The number of nitrogens with one attached hydrogen (secondary N) is 1. The van der Waals surface area contributed by atoms with Crippen LogP contribution in [-0.2, 0) is 21.1 Å². The van der Waals surface area contributed by atoms with Gasteiger partial charge in [0.1, 0.15) is 0 Å². The van der Waals surface area contributed by atoms with E-state index in [4.69, 9.17) is 4.52 Å². The first kappa shape index (κ1) is 18.8. The highest BCUT2D eigenvalue weighted by Gasteiger charge is 2.10. The van der Waals surface area contributed by atoms with Crippen LogP contribution in [0.2, 0.25) is 0 Å². The number of benzene rings is 2. The minimum absolute atomic E-state index is 0.162. The van der Waals surface area contributed by atoms with E-state index in [2.05, 4.69) is 15.5 Å². The van der Waals surface area contributed by atoms with Gasteiger partial charge < -0.3 is 9.84 Å². The maximum atomic E-state index is 12.0. The summed E-state index contributed by atoms with van der Waals surface area (Å²) in [7, 11) is -3.25. The topological polar surface area (TPSA) is 102 Å². The Morgan fingerprint density at radius 2 is 1.78 bits per heavy atom. The molecule has 0 atom stereocenters. The first-order valence-corrected chi connectivity index (χ1v) is 10.3. The lowest BCUT2D eigenvalue weighted by molar-refractivity contribution is -0.116. The van der Waals surface area contributed by atoms with Crippen molar-refractivity contribution in [2.24, 2.45) is 0 Å². The Bertz CT molecular complexity index is 1010. The molecule has 1 N–H and O–H groups in total. The smallest absolute Gasteiger partial charge is 0.226 e. The predicted octanol–water partition coefficient (Wildman–Crippen LogP) is 3.10. The van der Waals surface area contributed by atoms with Crippen molar-refractivity contribution in [3.05, 3.63) is 60.5 Å². The molecule has 1 amide bonds. The molecule has 1 heterocycles. The zero-order valence-electron chi connectivity index (χ0n) is 14.8. The van der Waals surface area contributed by atoms with E-state index in [1.54, 1.807) is 12.1 Å². The van der Waals surface area contributed by atoms with E-state index in [9.17, 15) is 13.2 Å². The molecule has 8 heteroatoms. The van der Waals surface area contributed by atoms with Gasteiger partial charge in [-0.3, -0.25) is 4.79 Å². The fourth-order valence-electron chi connectivity index (χ4n) is 2.47. The number of anilines is 1. The summed E-state index contributed by atoms with van der Waals surface area (Å²) in [5.74, 6) is 0.852. The summed E-state index contributed by atoms with van der Waals surface area (Å²) in [6.07, 6.45) is 2.49. The molecule has 7 nitrogen and oxygen atoms in total. The lowest BCUT2D eigenvalue weighted by Crippen LogP contribution is -2.11.